The summed E-state index contributed by atoms with van der Waals surface area (Å²) >= 11 is 0. The van der Waals surface area contributed by atoms with Gasteiger partial charge in [0.25, 0.3) is 0 Å². The van der Waals surface area contributed by atoms with Crippen LogP contribution in [0.5, 0.6) is 0 Å². The molecule has 20 heavy (non-hydrogen) atoms. The highest BCUT2D eigenvalue weighted by Gasteiger charge is 2.42. The Balaban J connectivity index is 1.77. The van der Waals surface area contributed by atoms with Crippen LogP contribution in [0.3, 0.4) is 0 Å². The van der Waals surface area contributed by atoms with Crippen molar-refractivity contribution >= 4 is 0 Å². The Bertz CT molecular complexity index is 584. The lowest BCUT2D eigenvalue weighted by Gasteiger charge is -2.34. The molecule has 2 aliphatic rings. The summed E-state index contributed by atoms with van der Waals surface area (Å²) in [6.07, 6.45) is 4.20. The standard InChI is InChI=1S/C16H18N2O2/c1-2-4-13(5-3-1)16(8-10-19-11-9-16)15-17-14(18-20-15)12-6-7-12/h1-5,12H,6-11H2. The topological polar surface area (TPSA) is 48.2 Å². The van der Waals surface area contributed by atoms with Crippen molar-refractivity contribution in [3.05, 3.63) is 47.6 Å². The van der Waals surface area contributed by atoms with Crippen LogP contribution < -0.4 is 0 Å². The van der Waals surface area contributed by atoms with Crippen molar-refractivity contribution in [2.24, 2.45) is 0 Å². The molecule has 1 aromatic heterocycles. The van der Waals surface area contributed by atoms with Gasteiger partial charge in [0.2, 0.25) is 5.89 Å². The quantitative estimate of drug-likeness (QED) is 0.860. The van der Waals surface area contributed by atoms with Crippen LogP contribution in [0.4, 0.5) is 0 Å². The fourth-order valence-electron chi connectivity index (χ4n) is 3.04. The van der Waals surface area contributed by atoms with Gasteiger partial charge in [-0.2, -0.15) is 4.98 Å². The zero-order chi connectivity index (χ0) is 13.4. The van der Waals surface area contributed by atoms with Gasteiger partial charge in [0.15, 0.2) is 5.82 Å². The van der Waals surface area contributed by atoms with Crippen molar-refractivity contribution in [2.45, 2.75) is 37.0 Å². The number of ether oxygens (including phenoxy) is 1. The minimum atomic E-state index is -0.167. The highest BCUT2D eigenvalue weighted by atomic mass is 16.5. The molecule has 0 unspecified atom stereocenters. The van der Waals surface area contributed by atoms with Gasteiger partial charge in [-0.15, -0.1) is 0 Å². The Morgan fingerprint density at radius 1 is 1.05 bits per heavy atom. The van der Waals surface area contributed by atoms with Crippen molar-refractivity contribution in [1.29, 1.82) is 0 Å². The predicted octanol–water partition coefficient (Wildman–Crippen LogP) is 3.04. The van der Waals surface area contributed by atoms with Crippen molar-refractivity contribution < 1.29 is 9.26 Å². The van der Waals surface area contributed by atoms with Gasteiger partial charge < -0.3 is 9.26 Å². The zero-order valence-electron chi connectivity index (χ0n) is 11.4. The summed E-state index contributed by atoms with van der Waals surface area (Å²) in [5.74, 6) is 2.19. The van der Waals surface area contributed by atoms with E-state index in [0.717, 1.165) is 37.8 Å². The first-order valence-corrected chi connectivity index (χ1v) is 7.36. The molecule has 4 nitrogen and oxygen atoms in total. The maximum Gasteiger partial charge on any atom is 0.237 e. The average molecular weight is 270 g/mol. The van der Waals surface area contributed by atoms with Gasteiger partial charge in [-0.05, 0) is 31.2 Å². The van der Waals surface area contributed by atoms with Crippen LogP contribution in [0.15, 0.2) is 34.9 Å². The van der Waals surface area contributed by atoms with Gasteiger partial charge in [-0.25, -0.2) is 0 Å². The molecule has 0 atom stereocenters. The second kappa shape index (κ2) is 4.70. The molecule has 1 aliphatic heterocycles. The summed E-state index contributed by atoms with van der Waals surface area (Å²) in [5, 5.41) is 4.20. The molecule has 0 amide bonds. The van der Waals surface area contributed by atoms with E-state index >= 15 is 0 Å². The number of nitrogens with zero attached hydrogens (tertiary/aromatic N) is 2. The van der Waals surface area contributed by atoms with Crippen LogP contribution >= 0.6 is 0 Å². The van der Waals surface area contributed by atoms with E-state index in [0.29, 0.717) is 5.92 Å². The molecule has 1 saturated heterocycles. The highest BCUT2D eigenvalue weighted by Crippen LogP contribution is 2.43. The van der Waals surface area contributed by atoms with Crippen molar-refractivity contribution in [2.75, 3.05) is 13.2 Å². The third-order valence-electron chi connectivity index (χ3n) is 4.47. The van der Waals surface area contributed by atoms with Crippen LogP contribution in [-0.4, -0.2) is 23.4 Å². The summed E-state index contributed by atoms with van der Waals surface area (Å²) in [6.45, 7) is 1.49. The van der Waals surface area contributed by atoms with Gasteiger partial charge in [-0.3, -0.25) is 0 Å². The smallest absolute Gasteiger partial charge is 0.237 e. The SMILES string of the molecule is c1ccc(C2(c3nc(C4CC4)no3)CCOCC2)cc1. The van der Waals surface area contributed by atoms with Gasteiger partial charge in [0, 0.05) is 19.1 Å². The molecular formula is C16H18N2O2. The summed E-state index contributed by atoms with van der Waals surface area (Å²) in [4.78, 5) is 4.71. The lowest BCUT2D eigenvalue weighted by molar-refractivity contribution is 0.0523. The van der Waals surface area contributed by atoms with E-state index in [1.165, 1.54) is 18.4 Å². The van der Waals surface area contributed by atoms with Crippen LogP contribution in [0.1, 0.15) is 48.9 Å². The van der Waals surface area contributed by atoms with E-state index in [9.17, 15) is 0 Å². The van der Waals surface area contributed by atoms with Crippen molar-refractivity contribution in [3.8, 4) is 0 Å². The van der Waals surface area contributed by atoms with Gasteiger partial charge in [-0.1, -0.05) is 35.5 Å². The molecule has 0 bridgehead atoms. The zero-order valence-corrected chi connectivity index (χ0v) is 11.4. The molecule has 4 heteroatoms. The summed E-state index contributed by atoms with van der Waals surface area (Å²) in [5.41, 5.74) is 1.09. The normalized spacial score (nSPS) is 21.8. The van der Waals surface area contributed by atoms with E-state index in [-0.39, 0.29) is 5.41 Å². The van der Waals surface area contributed by atoms with Gasteiger partial charge >= 0.3 is 0 Å². The fourth-order valence-corrected chi connectivity index (χ4v) is 3.04. The Morgan fingerprint density at radius 3 is 2.50 bits per heavy atom. The first-order chi connectivity index (χ1) is 9.88. The fraction of sp³-hybridized carbons (Fsp3) is 0.500. The minimum absolute atomic E-state index is 0.167. The van der Waals surface area contributed by atoms with E-state index in [2.05, 4.69) is 29.4 Å². The molecule has 4 rings (SSSR count). The first-order valence-electron chi connectivity index (χ1n) is 7.36. The Morgan fingerprint density at radius 2 is 1.80 bits per heavy atom. The predicted molar refractivity (Wildman–Crippen MR) is 73.5 cm³/mol. The van der Waals surface area contributed by atoms with Crippen LogP contribution in [0, 0.1) is 0 Å². The average Bonchev–Trinajstić information content (AvgIpc) is 3.26. The monoisotopic (exact) mass is 270 g/mol. The Hall–Kier alpha value is -1.68. The molecule has 2 heterocycles. The van der Waals surface area contributed by atoms with E-state index in [4.69, 9.17) is 14.2 Å². The van der Waals surface area contributed by atoms with Crippen molar-refractivity contribution in [3.63, 3.8) is 0 Å². The lowest BCUT2D eigenvalue weighted by atomic mass is 9.74. The van der Waals surface area contributed by atoms with E-state index in [1.54, 1.807) is 0 Å². The Kier molecular flexibility index (Phi) is 2.84. The number of rotatable bonds is 3. The molecule has 2 aromatic rings. The molecule has 0 spiro atoms. The van der Waals surface area contributed by atoms with Crippen LogP contribution in [0.2, 0.25) is 0 Å². The summed E-state index contributed by atoms with van der Waals surface area (Å²) in [6, 6.07) is 10.5. The number of hydrogen-bond donors (Lipinski definition) is 0. The summed E-state index contributed by atoms with van der Waals surface area (Å²) in [7, 11) is 0. The molecule has 0 radical (unpaired) electrons. The van der Waals surface area contributed by atoms with Crippen LogP contribution in [-0.2, 0) is 10.2 Å². The third kappa shape index (κ3) is 1.95. The molecule has 1 saturated carbocycles. The summed E-state index contributed by atoms with van der Waals surface area (Å²) < 4.78 is 11.2. The lowest BCUT2D eigenvalue weighted by Crippen LogP contribution is -2.35. The molecule has 1 aliphatic carbocycles. The van der Waals surface area contributed by atoms with Gasteiger partial charge in [0.1, 0.15) is 0 Å². The minimum Gasteiger partial charge on any atom is -0.381 e. The maximum atomic E-state index is 5.65. The largest absolute Gasteiger partial charge is 0.381 e. The third-order valence-corrected chi connectivity index (χ3v) is 4.47. The molecular weight excluding hydrogens is 252 g/mol. The first kappa shape index (κ1) is 12.1. The second-order valence-electron chi connectivity index (χ2n) is 5.79. The van der Waals surface area contributed by atoms with Crippen LogP contribution in [0.25, 0.3) is 0 Å². The number of benzene rings is 1. The molecule has 0 N–H and O–H groups in total. The van der Waals surface area contributed by atoms with E-state index in [1.807, 2.05) is 6.07 Å². The van der Waals surface area contributed by atoms with Gasteiger partial charge in [0.05, 0.1) is 5.41 Å². The molecule has 1 aromatic carbocycles. The van der Waals surface area contributed by atoms with Crippen molar-refractivity contribution in [1.82, 2.24) is 10.1 Å². The van der Waals surface area contributed by atoms with E-state index < -0.39 is 0 Å². The highest BCUT2D eigenvalue weighted by molar-refractivity contribution is 5.32. The molecule has 2 fully saturated rings. The number of aromatic nitrogens is 2. The maximum absolute atomic E-state index is 5.65. The Labute approximate surface area is 118 Å². The number of hydrogen-bond acceptors (Lipinski definition) is 4. The molecule has 104 valence electrons. The second-order valence-corrected chi connectivity index (χ2v) is 5.79.